The van der Waals surface area contributed by atoms with Crippen LogP contribution in [0.3, 0.4) is 0 Å². The second kappa shape index (κ2) is 9.69. The first-order chi connectivity index (χ1) is 15.6. The Hall–Kier alpha value is -1.19. The standard InChI is InChI=1S/C26H44O8/c1-11-29-16(5)15(4)13-26(10)33-20-18-17(31-22(20)34-26)19(21(27)30-18)32-23(28)25(9,12-14(2)3)24(6,7)8/h14-15,17-22,27H,5,11-13H2,1-4,6-10H3. The number of carbonyl (C=O) groups excluding carboxylic acids is 1. The van der Waals surface area contributed by atoms with Gasteiger partial charge >= 0.3 is 5.97 Å². The molecule has 9 atom stereocenters. The predicted octanol–water partition coefficient (Wildman–Crippen LogP) is 4.15. The van der Waals surface area contributed by atoms with E-state index in [2.05, 4.69) is 20.4 Å². The number of aliphatic hydroxyl groups is 1. The number of carbonyl (C=O) groups is 1. The highest BCUT2D eigenvalue weighted by atomic mass is 16.9. The fourth-order valence-electron chi connectivity index (χ4n) is 5.24. The molecule has 0 spiro atoms. The normalized spacial score (nSPS) is 37.7. The van der Waals surface area contributed by atoms with Crippen LogP contribution >= 0.6 is 0 Å². The highest BCUT2D eigenvalue weighted by Gasteiger charge is 2.64. The van der Waals surface area contributed by atoms with E-state index in [9.17, 15) is 9.90 Å². The summed E-state index contributed by atoms with van der Waals surface area (Å²) in [5.41, 5.74) is -1.07. The number of fused-ring (bicyclic) bond motifs is 3. The van der Waals surface area contributed by atoms with Crippen LogP contribution in [0.4, 0.5) is 0 Å². The van der Waals surface area contributed by atoms with Crippen molar-refractivity contribution in [1.29, 1.82) is 0 Å². The second-order valence-electron chi connectivity index (χ2n) is 11.8. The van der Waals surface area contributed by atoms with Crippen molar-refractivity contribution in [2.45, 2.75) is 118 Å². The van der Waals surface area contributed by atoms with Gasteiger partial charge in [0.1, 0.15) is 18.3 Å². The number of rotatable bonds is 9. The largest absolute Gasteiger partial charge is 0.499 e. The lowest BCUT2D eigenvalue weighted by molar-refractivity contribution is -0.233. The van der Waals surface area contributed by atoms with Crippen LogP contribution in [-0.4, -0.2) is 60.5 Å². The zero-order valence-electron chi connectivity index (χ0n) is 22.3. The zero-order valence-corrected chi connectivity index (χ0v) is 22.3. The maximum absolute atomic E-state index is 13.4. The van der Waals surface area contributed by atoms with Crippen LogP contribution in [0.2, 0.25) is 0 Å². The van der Waals surface area contributed by atoms with E-state index in [-0.39, 0.29) is 17.3 Å². The smallest absolute Gasteiger partial charge is 0.312 e. The Morgan fingerprint density at radius 1 is 1.09 bits per heavy atom. The first-order valence-corrected chi connectivity index (χ1v) is 12.5. The minimum absolute atomic E-state index is 0.0133. The van der Waals surface area contributed by atoms with Crippen LogP contribution < -0.4 is 0 Å². The monoisotopic (exact) mass is 484 g/mol. The Morgan fingerprint density at radius 2 is 1.74 bits per heavy atom. The van der Waals surface area contributed by atoms with E-state index in [0.29, 0.717) is 31.1 Å². The third kappa shape index (κ3) is 5.16. The van der Waals surface area contributed by atoms with E-state index in [1.807, 2.05) is 48.5 Å². The van der Waals surface area contributed by atoms with Crippen molar-refractivity contribution in [2.24, 2.45) is 22.7 Å². The average molecular weight is 485 g/mol. The van der Waals surface area contributed by atoms with Gasteiger partial charge in [-0.2, -0.15) is 0 Å². The van der Waals surface area contributed by atoms with Crippen LogP contribution in [-0.2, 0) is 33.2 Å². The van der Waals surface area contributed by atoms with Gasteiger partial charge in [0, 0.05) is 12.3 Å². The molecule has 3 aliphatic heterocycles. The Morgan fingerprint density at radius 3 is 2.29 bits per heavy atom. The average Bonchev–Trinajstić information content (AvgIpc) is 3.28. The summed E-state index contributed by atoms with van der Waals surface area (Å²) in [6, 6.07) is 0. The number of hydrogen-bond donors (Lipinski definition) is 1. The number of allylic oxidation sites excluding steroid dienone is 1. The molecule has 0 aliphatic carbocycles. The van der Waals surface area contributed by atoms with Gasteiger partial charge in [0.15, 0.2) is 24.5 Å². The van der Waals surface area contributed by atoms with Crippen LogP contribution in [0, 0.1) is 22.7 Å². The fourth-order valence-corrected chi connectivity index (χ4v) is 5.24. The molecule has 8 heteroatoms. The van der Waals surface area contributed by atoms with Crippen LogP contribution in [0.5, 0.6) is 0 Å². The second-order valence-corrected chi connectivity index (χ2v) is 11.8. The molecule has 3 rings (SSSR count). The van der Waals surface area contributed by atoms with Gasteiger partial charge in [-0.25, -0.2) is 0 Å². The van der Waals surface area contributed by atoms with Crippen molar-refractivity contribution in [3.63, 3.8) is 0 Å². The first-order valence-electron chi connectivity index (χ1n) is 12.5. The Labute approximate surface area is 204 Å². The number of aliphatic hydroxyl groups excluding tert-OH is 1. The van der Waals surface area contributed by atoms with Crippen molar-refractivity contribution < 1.29 is 38.3 Å². The molecule has 3 heterocycles. The van der Waals surface area contributed by atoms with Gasteiger partial charge in [0.05, 0.1) is 17.8 Å². The fraction of sp³-hybridized carbons (Fsp3) is 0.885. The van der Waals surface area contributed by atoms with Gasteiger partial charge in [-0.05, 0) is 38.5 Å². The van der Waals surface area contributed by atoms with Gasteiger partial charge < -0.3 is 33.5 Å². The molecule has 0 aromatic rings. The molecule has 0 bridgehead atoms. The Kier molecular flexibility index (Phi) is 7.81. The lowest BCUT2D eigenvalue weighted by Crippen LogP contribution is -2.47. The van der Waals surface area contributed by atoms with Gasteiger partial charge in [-0.1, -0.05) is 48.1 Å². The molecule has 3 aliphatic rings. The topological polar surface area (TPSA) is 92.7 Å². The third-order valence-electron chi connectivity index (χ3n) is 7.58. The summed E-state index contributed by atoms with van der Waals surface area (Å²) in [6.07, 6.45) is -3.54. The van der Waals surface area contributed by atoms with E-state index in [1.54, 1.807) is 0 Å². The number of ether oxygens (including phenoxy) is 6. The molecule has 9 unspecified atom stereocenters. The molecule has 34 heavy (non-hydrogen) atoms. The summed E-state index contributed by atoms with van der Waals surface area (Å²) in [4.78, 5) is 13.4. The Balaban J connectivity index is 1.68. The van der Waals surface area contributed by atoms with Gasteiger partial charge in [0.25, 0.3) is 0 Å². The van der Waals surface area contributed by atoms with Crippen molar-refractivity contribution in [3.05, 3.63) is 12.3 Å². The molecule has 0 radical (unpaired) electrons. The zero-order chi connectivity index (χ0) is 25.6. The van der Waals surface area contributed by atoms with Crippen molar-refractivity contribution in [1.82, 2.24) is 0 Å². The molecule has 196 valence electrons. The van der Waals surface area contributed by atoms with E-state index in [1.165, 1.54) is 0 Å². The van der Waals surface area contributed by atoms with E-state index in [0.717, 1.165) is 0 Å². The number of hydrogen-bond acceptors (Lipinski definition) is 8. The van der Waals surface area contributed by atoms with E-state index < -0.39 is 48.2 Å². The molecule has 8 nitrogen and oxygen atoms in total. The maximum Gasteiger partial charge on any atom is 0.312 e. The predicted molar refractivity (Wildman–Crippen MR) is 125 cm³/mol. The summed E-state index contributed by atoms with van der Waals surface area (Å²) in [7, 11) is 0. The van der Waals surface area contributed by atoms with Crippen molar-refractivity contribution in [2.75, 3.05) is 6.61 Å². The molecule has 0 amide bonds. The van der Waals surface area contributed by atoms with Crippen molar-refractivity contribution in [3.8, 4) is 0 Å². The minimum Gasteiger partial charge on any atom is -0.499 e. The van der Waals surface area contributed by atoms with E-state index >= 15 is 0 Å². The van der Waals surface area contributed by atoms with Gasteiger partial charge in [-0.3, -0.25) is 4.79 Å². The van der Waals surface area contributed by atoms with E-state index in [4.69, 9.17) is 28.4 Å². The number of esters is 1. The van der Waals surface area contributed by atoms with Gasteiger partial charge in [-0.15, -0.1) is 0 Å². The quantitative estimate of drug-likeness (QED) is 0.385. The molecule has 0 aromatic carbocycles. The lowest BCUT2D eigenvalue weighted by Gasteiger charge is -2.41. The van der Waals surface area contributed by atoms with Gasteiger partial charge in [0.2, 0.25) is 0 Å². The van der Waals surface area contributed by atoms with Crippen LogP contribution in [0.1, 0.15) is 75.2 Å². The van der Waals surface area contributed by atoms with Crippen LogP contribution in [0.15, 0.2) is 12.3 Å². The molecular formula is C26H44O8. The maximum atomic E-state index is 13.4. The molecule has 3 saturated heterocycles. The summed E-state index contributed by atoms with van der Waals surface area (Å²) in [5, 5.41) is 10.6. The molecule has 1 N–H and O–H groups in total. The molecule has 0 saturated carbocycles. The first kappa shape index (κ1) is 27.4. The summed E-state index contributed by atoms with van der Waals surface area (Å²) < 4.78 is 35.7. The third-order valence-corrected chi connectivity index (χ3v) is 7.58. The SMILES string of the molecule is C=C(OCC)C(C)CC1(C)OC2OC3C(OC(=O)C(C)(CC(C)C)C(C)(C)C)C(O)OC3C2O1. The summed E-state index contributed by atoms with van der Waals surface area (Å²) in [6.45, 7) is 22.5. The molecule has 0 aromatic heterocycles. The van der Waals surface area contributed by atoms with Crippen LogP contribution in [0.25, 0.3) is 0 Å². The van der Waals surface area contributed by atoms with Crippen molar-refractivity contribution >= 4 is 5.97 Å². The minimum atomic E-state index is -1.30. The Bertz CT molecular complexity index is 760. The lowest BCUT2D eigenvalue weighted by atomic mass is 9.64. The highest BCUT2D eigenvalue weighted by Crippen LogP contribution is 2.48. The summed E-state index contributed by atoms with van der Waals surface area (Å²) >= 11 is 0. The highest BCUT2D eigenvalue weighted by molar-refractivity contribution is 5.77. The summed E-state index contributed by atoms with van der Waals surface area (Å²) in [5.74, 6) is -0.283. The molecular weight excluding hydrogens is 440 g/mol. The molecule has 3 fully saturated rings.